The third-order valence-electron chi connectivity index (χ3n) is 12.3. The van der Waals surface area contributed by atoms with Crippen molar-refractivity contribution in [3.8, 4) is 78.4 Å². The highest BCUT2D eigenvalue weighted by molar-refractivity contribution is 6.05. The van der Waals surface area contributed by atoms with Crippen molar-refractivity contribution in [2.45, 2.75) is 19.3 Å². The van der Waals surface area contributed by atoms with Gasteiger partial charge in [-0.25, -0.2) is 9.97 Å². The molecule has 0 spiro atoms. The van der Waals surface area contributed by atoms with Crippen molar-refractivity contribution in [3.05, 3.63) is 217 Å². The van der Waals surface area contributed by atoms with Crippen LogP contribution in [-0.2, 0) is 5.41 Å². The number of fused-ring (bicyclic) bond motifs is 5. The molecule has 278 valence electrons. The van der Waals surface area contributed by atoms with Crippen LogP contribution in [0.15, 0.2) is 206 Å². The smallest absolute Gasteiger partial charge is 0.160 e. The van der Waals surface area contributed by atoms with Gasteiger partial charge in [-0.05, 0) is 101 Å². The summed E-state index contributed by atoms with van der Waals surface area (Å²) in [6.07, 6.45) is 0. The quantitative estimate of drug-likeness (QED) is 0.169. The number of aromatic nitrogens is 2. The van der Waals surface area contributed by atoms with Crippen molar-refractivity contribution in [1.82, 2.24) is 9.97 Å². The molecule has 1 aliphatic carbocycles. The third kappa shape index (κ3) is 5.96. The Morgan fingerprint density at radius 1 is 0.305 bits per heavy atom. The minimum absolute atomic E-state index is 0.121. The molecule has 0 atom stereocenters. The van der Waals surface area contributed by atoms with Crippen LogP contribution < -0.4 is 0 Å². The van der Waals surface area contributed by atoms with E-state index in [4.69, 9.17) is 9.97 Å². The molecule has 0 saturated heterocycles. The molecule has 2 heteroatoms. The van der Waals surface area contributed by atoms with E-state index in [1.165, 1.54) is 55.1 Å². The van der Waals surface area contributed by atoms with Crippen molar-refractivity contribution >= 4 is 21.5 Å². The highest BCUT2D eigenvalue weighted by Gasteiger charge is 2.36. The highest BCUT2D eigenvalue weighted by atomic mass is 14.9. The summed E-state index contributed by atoms with van der Waals surface area (Å²) >= 11 is 0. The molecule has 0 saturated carbocycles. The number of hydrogen-bond donors (Lipinski definition) is 0. The lowest BCUT2D eigenvalue weighted by atomic mass is 9.81. The first-order valence-corrected chi connectivity index (χ1v) is 20.4. The van der Waals surface area contributed by atoms with Gasteiger partial charge in [-0.2, -0.15) is 0 Å². The lowest BCUT2D eigenvalue weighted by molar-refractivity contribution is 0.661. The molecule has 0 fully saturated rings. The Labute approximate surface area is 345 Å². The molecule has 10 aromatic rings. The molecular formula is C57H40N2. The molecule has 59 heavy (non-hydrogen) atoms. The summed E-state index contributed by atoms with van der Waals surface area (Å²) in [4.78, 5) is 10.7. The van der Waals surface area contributed by atoms with E-state index in [1.54, 1.807) is 0 Å². The maximum absolute atomic E-state index is 5.36. The lowest BCUT2D eigenvalue weighted by Crippen LogP contribution is -2.15. The fourth-order valence-electron chi connectivity index (χ4n) is 9.23. The Balaban J connectivity index is 1.06. The molecule has 11 rings (SSSR count). The van der Waals surface area contributed by atoms with Crippen LogP contribution in [0.4, 0.5) is 0 Å². The van der Waals surface area contributed by atoms with Crippen molar-refractivity contribution in [1.29, 1.82) is 0 Å². The van der Waals surface area contributed by atoms with Gasteiger partial charge >= 0.3 is 0 Å². The van der Waals surface area contributed by atoms with Crippen LogP contribution in [0.1, 0.15) is 25.0 Å². The summed E-state index contributed by atoms with van der Waals surface area (Å²) in [5, 5.41) is 4.93. The van der Waals surface area contributed by atoms with E-state index in [1.807, 2.05) is 0 Å². The lowest BCUT2D eigenvalue weighted by Gasteiger charge is -2.22. The van der Waals surface area contributed by atoms with Crippen LogP contribution in [0.3, 0.4) is 0 Å². The maximum Gasteiger partial charge on any atom is 0.160 e. The zero-order valence-electron chi connectivity index (χ0n) is 33.0. The second kappa shape index (κ2) is 13.9. The van der Waals surface area contributed by atoms with Crippen LogP contribution in [-0.4, -0.2) is 9.97 Å². The topological polar surface area (TPSA) is 25.8 Å². The molecule has 0 radical (unpaired) electrons. The number of benzene rings is 9. The first-order valence-electron chi connectivity index (χ1n) is 20.4. The van der Waals surface area contributed by atoms with Crippen LogP contribution in [0, 0.1) is 0 Å². The number of hydrogen-bond acceptors (Lipinski definition) is 2. The second-order valence-corrected chi connectivity index (χ2v) is 16.2. The largest absolute Gasteiger partial charge is 0.228 e. The van der Waals surface area contributed by atoms with E-state index >= 15 is 0 Å². The van der Waals surface area contributed by atoms with E-state index in [2.05, 4.69) is 220 Å². The summed E-state index contributed by atoms with van der Waals surface area (Å²) in [7, 11) is 0. The number of nitrogens with zero attached hydrogens (tertiary/aromatic N) is 2. The van der Waals surface area contributed by atoms with Crippen molar-refractivity contribution in [2.24, 2.45) is 0 Å². The minimum atomic E-state index is -0.121. The van der Waals surface area contributed by atoms with Gasteiger partial charge in [0, 0.05) is 22.1 Å². The van der Waals surface area contributed by atoms with Gasteiger partial charge in [0.25, 0.3) is 0 Å². The van der Waals surface area contributed by atoms with Crippen molar-refractivity contribution in [2.75, 3.05) is 0 Å². The Hall–Kier alpha value is -7.42. The van der Waals surface area contributed by atoms with E-state index in [-0.39, 0.29) is 5.41 Å². The predicted molar refractivity (Wildman–Crippen MR) is 247 cm³/mol. The maximum atomic E-state index is 5.36. The summed E-state index contributed by atoms with van der Waals surface area (Å²) in [6, 6.07) is 74.3. The molecule has 9 aromatic carbocycles. The van der Waals surface area contributed by atoms with Crippen LogP contribution in [0.2, 0.25) is 0 Å². The first-order chi connectivity index (χ1) is 29.0. The predicted octanol–water partition coefficient (Wildman–Crippen LogP) is 15.1. The summed E-state index contributed by atoms with van der Waals surface area (Å²) in [5.41, 5.74) is 17.3. The monoisotopic (exact) mass is 752 g/mol. The van der Waals surface area contributed by atoms with E-state index in [0.29, 0.717) is 5.82 Å². The summed E-state index contributed by atoms with van der Waals surface area (Å²) < 4.78 is 0. The Morgan fingerprint density at radius 3 is 1.53 bits per heavy atom. The molecule has 0 bridgehead atoms. The molecule has 0 amide bonds. The van der Waals surface area contributed by atoms with Gasteiger partial charge in [0.05, 0.1) is 11.4 Å². The van der Waals surface area contributed by atoms with Gasteiger partial charge in [-0.3, -0.25) is 0 Å². The van der Waals surface area contributed by atoms with Gasteiger partial charge in [0.15, 0.2) is 5.82 Å². The first kappa shape index (κ1) is 34.8. The van der Waals surface area contributed by atoms with Crippen molar-refractivity contribution in [3.63, 3.8) is 0 Å². The highest BCUT2D eigenvalue weighted by Crippen LogP contribution is 2.51. The van der Waals surface area contributed by atoms with E-state index < -0.39 is 0 Å². The molecule has 1 aromatic heterocycles. The van der Waals surface area contributed by atoms with Gasteiger partial charge in [-0.15, -0.1) is 0 Å². The number of rotatable bonds is 6. The zero-order chi connectivity index (χ0) is 39.5. The Bertz CT molecular complexity index is 3220. The summed E-state index contributed by atoms with van der Waals surface area (Å²) in [6.45, 7) is 4.74. The van der Waals surface area contributed by atoms with Gasteiger partial charge in [0.2, 0.25) is 0 Å². The summed E-state index contributed by atoms with van der Waals surface area (Å²) in [5.74, 6) is 0.696. The fraction of sp³-hybridized carbons (Fsp3) is 0.0526. The molecule has 1 aliphatic rings. The van der Waals surface area contributed by atoms with Crippen LogP contribution in [0.5, 0.6) is 0 Å². The zero-order valence-corrected chi connectivity index (χ0v) is 33.0. The van der Waals surface area contributed by atoms with Crippen molar-refractivity contribution < 1.29 is 0 Å². The Morgan fingerprint density at radius 2 is 0.797 bits per heavy atom. The van der Waals surface area contributed by atoms with E-state index in [9.17, 15) is 0 Å². The SMILES string of the molecule is CC1(C)c2cc(-c3ccc(-c4cc(-c5ccccc5-c5ccccc5)nc(-c5ccc(-c6ccccc6)cc5)n4)c4ccccc34)ccc2-c2cc3ccccc3cc21. The molecule has 2 nitrogen and oxygen atoms in total. The van der Waals surface area contributed by atoms with Crippen LogP contribution >= 0.6 is 0 Å². The van der Waals surface area contributed by atoms with Gasteiger partial charge in [-0.1, -0.05) is 196 Å². The molecule has 0 aliphatic heterocycles. The average molecular weight is 753 g/mol. The van der Waals surface area contributed by atoms with Crippen LogP contribution in [0.25, 0.3) is 100.0 Å². The van der Waals surface area contributed by atoms with Gasteiger partial charge < -0.3 is 0 Å². The third-order valence-corrected chi connectivity index (χ3v) is 12.3. The fourth-order valence-corrected chi connectivity index (χ4v) is 9.23. The normalized spacial score (nSPS) is 12.7. The average Bonchev–Trinajstić information content (AvgIpc) is 3.52. The molecular weight excluding hydrogens is 713 g/mol. The molecule has 0 unspecified atom stereocenters. The minimum Gasteiger partial charge on any atom is -0.228 e. The van der Waals surface area contributed by atoms with E-state index in [0.717, 1.165) is 50.2 Å². The molecule has 1 heterocycles. The van der Waals surface area contributed by atoms with Gasteiger partial charge in [0.1, 0.15) is 0 Å². The molecule has 0 N–H and O–H groups in total. The second-order valence-electron chi connectivity index (χ2n) is 16.2. The standard InChI is InChI=1S/C57H40N2/c1-57(2)52-35-43(29-30-48(52)51-33-41-19-9-10-20-42(41)34-53(51)57)45-31-32-50(47-23-13-12-22-46(45)47)55-36-54(49-24-14-11-21-44(49)39-17-7-4-8-18-39)58-56(59-55)40-27-25-38(26-28-40)37-15-5-3-6-16-37/h3-36H,1-2H3. The Kier molecular flexibility index (Phi) is 8.20.